The molecule has 14 heavy (non-hydrogen) atoms. The third-order valence-corrected chi connectivity index (χ3v) is 1.47. The summed E-state index contributed by atoms with van der Waals surface area (Å²) in [5, 5.41) is 8.26. The van der Waals surface area contributed by atoms with Crippen LogP contribution in [0.15, 0.2) is 0 Å². The minimum atomic E-state index is -0.644. The summed E-state index contributed by atoms with van der Waals surface area (Å²) in [6.07, 6.45) is 0.523. The van der Waals surface area contributed by atoms with Crippen LogP contribution in [-0.2, 0) is 19.1 Å². The molecule has 0 amide bonds. The molecule has 1 unspecified atom stereocenters. The Morgan fingerprint density at radius 3 is 2.50 bits per heavy atom. The largest absolute Gasteiger partial charge is 0.462 e. The van der Waals surface area contributed by atoms with Crippen molar-refractivity contribution in [2.45, 2.75) is 39.2 Å². The number of hydrogen-bond acceptors (Lipinski definition) is 5. The normalized spacial score (nSPS) is 11.9. The lowest BCUT2D eigenvalue weighted by atomic mass is 10.3. The summed E-state index contributed by atoms with van der Waals surface area (Å²) >= 11 is 0. The predicted octanol–water partition coefficient (Wildman–Crippen LogP) is 0.601. The lowest BCUT2D eigenvalue weighted by Crippen LogP contribution is -2.20. The van der Waals surface area contributed by atoms with Crippen LogP contribution >= 0.6 is 0 Å². The molecule has 0 bridgehead atoms. The van der Waals surface area contributed by atoms with Gasteiger partial charge in [-0.2, -0.15) is 0 Å². The van der Waals surface area contributed by atoms with Crippen molar-refractivity contribution in [3.8, 4) is 0 Å². The molecule has 1 N–H and O–H groups in total. The molecule has 5 nitrogen and oxygen atoms in total. The first-order valence-electron chi connectivity index (χ1n) is 4.56. The summed E-state index contributed by atoms with van der Waals surface area (Å²) in [6, 6.07) is 0. The molecule has 0 aliphatic carbocycles. The van der Waals surface area contributed by atoms with Crippen LogP contribution in [0.5, 0.6) is 0 Å². The maximum absolute atomic E-state index is 11.0. The van der Waals surface area contributed by atoms with Crippen LogP contribution in [0.25, 0.3) is 0 Å². The van der Waals surface area contributed by atoms with Crippen LogP contribution in [0, 0.1) is 0 Å². The third-order valence-electron chi connectivity index (χ3n) is 1.47. The standard InChI is InChI=1S/C9H16O5/c1-3-4-8(11)14-7(2)5-9(12)13-6-10/h7,10H,3-6H2,1-2H3. The fraction of sp³-hybridized carbons (Fsp3) is 0.778. The van der Waals surface area contributed by atoms with Crippen LogP contribution < -0.4 is 0 Å². The van der Waals surface area contributed by atoms with E-state index in [-0.39, 0.29) is 12.4 Å². The van der Waals surface area contributed by atoms with Crippen LogP contribution in [0.1, 0.15) is 33.1 Å². The number of carbonyl (C=O) groups excluding carboxylic acids is 2. The Hall–Kier alpha value is -1.10. The Morgan fingerprint density at radius 2 is 2.00 bits per heavy atom. The van der Waals surface area contributed by atoms with Gasteiger partial charge in [0.25, 0.3) is 0 Å². The molecular formula is C9H16O5. The third kappa shape index (κ3) is 6.42. The monoisotopic (exact) mass is 204 g/mol. The predicted molar refractivity (Wildman–Crippen MR) is 48.3 cm³/mol. The van der Waals surface area contributed by atoms with E-state index in [1.165, 1.54) is 0 Å². The molecule has 0 heterocycles. The average molecular weight is 204 g/mol. The van der Waals surface area contributed by atoms with Gasteiger partial charge < -0.3 is 14.6 Å². The SMILES string of the molecule is CCCC(=O)OC(C)CC(=O)OCO. The zero-order valence-electron chi connectivity index (χ0n) is 8.49. The molecule has 0 spiro atoms. The maximum Gasteiger partial charge on any atom is 0.311 e. The quantitative estimate of drug-likeness (QED) is 0.506. The van der Waals surface area contributed by atoms with Gasteiger partial charge in [-0.15, -0.1) is 0 Å². The molecule has 0 aromatic rings. The summed E-state index contributed by atoms with van der Waals surface area (Å²) in [7, 11) is 0. The molecule has 0 aromatic heterocycles. The average Bonchev–Trinajstić information content (AvgIpc) is 2.03. The van der Waals surface area contributed by atoms with E-state index in [2.05, 4.69) is 4.74 Å². The highest BCUT2D eigenvalue weighted by Gasteiger charge is 2.13. The van der Waals surface area contributed by atoms with Crippen LogP contribution in [0.3, 0.4) is 0 Å². The van der Waals surface area contributed by atoms with E-state index in [0.717, 1.165) is 0 Å². The van der Waals surface area contributed by atoms with Gasteiger partial charge in [0.05, 0.1) is 6.42 Å². The molecule has 0 saturated carbocycles. The fourth-order valence-electron chi connectivity index (χ4n) is 0.895. The highest BCUT2D eigenvalue weighted by atomic mass is 16.6. The Kier molecular flexibility index (Phi) is 6.74. The van der Waals surface area contributed by atoms with Gasteiger partial charge in [0, 0.05) is 6.42 Å². The fourth-order valence-corrected chi connectivity index (χ4v) is 0.895. The van der Waals surface area contributed by atoms with E-state index < -0.39 is 18.9 Å². The van der Waals surface area contributed by atoms with E-state index >= 15 is 0 Å². The number of esters is 2. The summed E-state index contributed by atoms with van der Waals surface area (Å²) in [5.74, 6) is -0.902. The molecule has 5 heteroatoms. The van der Waals surface area contributed by atoms with Crippen molar-refractivity contribution in [3.05, 3.63) is 0 Å². The topological polar surface area (TPSA) is 72.8 Å². The van der Waals surface area contributed by atoms with Gasteiger partial charge in [-0.05, 0) is 13.3 Å². The van der Waals surface area contributed by atoms with Crippen LogP contribution in [0.4, 0.5) is 0 Å². The first kappa shape index (κ1) is 12.9. The highest BCUT2D eigenvalue weighted by molar-refractivity contribution is 5.72. The van der Waals surface area contributed by atoms with Gasteiger partial charge in [-0.3, -0.25) is 9.59 Å². The number of aliphatic hydroxyl groups is 1. The van der Waals surface area contributed by atoms with Gasteiger partial charge in [0.15, 0.2) is 6.79 Å². The molecule has 1 atom stereocenters. The molecular weight excluding hydrogens is 188 g/mol. The smallest absolute Gasteiger partial charge is 0.311 e. The summed E-state index contributed by atoms with van der Waals surface area (Å²) in [5.41, 5.74) is 0. The van der Waals surface area contributed by atoms with Crippen molar-refractivity contribution in [1.29, 1.82) is 0 Å². The van der Waals surface area contributed by atoms with Gasteiger partial charge in [-0.25, -0.2) is 0 Å². The minimum absolute atomic E-state index is 0.0317. The van der Waals surface area contributed by atoms with Gasteiger partial charge in [-0.1, -0.05) is 6.92 Å². The molecule has 0 aliphatic heterocycles. The Morgan fingerprint density at radius 1 is 1.36 bits per heavy atom. The first-order valence-corrected chi connectivity index (χ1v) is 4.56. The minimum Gasteiger partial charge on any atom is -0.462 e. The number of carbonyl (C=O) groups is 2. The summed E-state index contributed by atoms with van der Waals surface area (Å²) < 4.78 is 9.17. The van der Waals surface area contributed by atoms with Gasteiger partial charge in [0.2, 0.25) is 0 Å². The molecule has 82 valence electrons. The molecule has 0 aliphatic rings. The maximum atomic E-state index is 11.0. The highest BCUT2D eigenvalue weighted by Crippen LogP contribution is 2.02. The zero-order valence-corrected chi connectivity index (χ0v) is 8.49. The number of ether oxygens (including phenoxy) is 2. The lowest BCUT2D eigenvalue weighted by molar-refractivity contribution is -0.158. The van der Waals surface area contributed by atoms with Gasteiger partial charge >= 0.3 is 11.9 Å². The molecule has 0 radical (unpaired) electrons. The van der Waals surface area contributed by atoms with Crippen molar-refractivity contribution >= 4 is 11.9 Å². The van der Waals surface area contributed by atoms with Crippen molar-refractivity contribution in [3.63, 3.8) is 0 Å². The van der Waals surface area contributed by atoms with Crippen LogP contribution in [-0.4, -0.2) is 29.9 Å². The second kappa shape index (κ2) is 7.32. The Bertz CT molecular complexity index is 170. The van der Waals surface area contributed by atoms with E-state index in [4.69, 9.17) is 9.84 Å². The molecule has 0 rings (SSSR count). The van der Waals surface area contributed by atoms with Crippen molar-refractivity contribution in [2.24, 2.45) is 0 Å². The zero-order chi connectivity index (χ0) is 11.0. The van der Waals surface area contributed by atoms with E-state index in [1.54, 1.807) is 6.92 Å². The van der Waals surface area contributed by atoms with Crippen molar-refractivity contribution < 1.29 is 24.2 Å². The van der Waals surface area contributed by atoms with E-state index in [1.807, 2.05) is 6.92 Å². The lowest BCUT2D eigenvalue weighted by Gasteiger charge is -2.11. The summed E-state index contributed by atoms with van der Waals surface area (Å²) in [6.45, 7) is 2.83. The second-order valence-corrected chi connectivity index (χ2v) is 2.90. The molecule has 0 saturated heterocycles. The van der Waals surface area contributed by atoms with Gasteiger partial charge in [0.1, 0.15) is 6.10 Å². The van der Waals surface area contributed by atoms with E-state index in [9.17, 15) is 9.59 Å². The van der Waals surface area contributed by atoms with E-state index in [0.29, 0.717) is 12.8 Å². The number of rotatable bonds is 6. The molecule has 0 fully saturated rings. The number of hydrogen-bond donors (Lipinski definition) is 1. The van der Waals surface area contributed by atoms with Crippen molar-refractivity contribution in [2.75, 3.05) is 6.79 Å². The Balaban J connectivity index is 3.68. The Labute approximate surface area is 83.0 Å². The van der Waals surface area contributed by atoms with Crippen molar-refractivity contribution in [1.82, 2.24) is 0 Å². The molecule has 0 aromatic carbocycles. The van der Waals surface area contributed by atoms with Crippen LogP contribution in [0.2, 0.25) is 0 Å². The first-order chi connectivity index (χ1) is 6.60. The number of aliphatic hydroxyl groups excluding tert-OH is 1. The summed E-state index contributed by atoms with van der Waals surface area (Å²) in [4.78, 5) is 21.8. The second-order valence-electron chi connectivity index (χ2n) is 2.90.